The van der Waals surface area contributed by atoms with Crippen molar-refractivity contribution in [2.45, 2.75) is 52.4 Å². The minimum Gasteiger partial charge on any atom is -0.382 e. The fourth-order valence-electron chi connectivity index (χ4n) is 2.32. The van der Waals surface area contributed by atoms with Gasteiger partial charge < -0.3 is 20.3 Å². The number of phosphoric acid groups is 1. The number of ether oxygens (including phenoxy) is 1. The average molecular weight is 405 g/mol. The summed E-state index contributed by atoms with van der Waals surface area (Å²) in [4.78, 5) is 28.4. The number of nitrogens with zero attached hydrogens (tertiary/aromatic N) is 4. The number of rotatable bonds is 5. The second-order valence-electron chi connectivity index (χ2n) is 6.58. The predicted octanol–water partition coefficient (Wildman–Crippen LogP) is 2.39. The maximum absolute atomic E-state index is 13.3. The highest BCUT2D eigenvalue weighted by molar-refractivity contribution is 7.46. The average Bonchev–Trinajstić information content (AvgIpc) is 3.19. The van der Waals surface area contributed by atoms with E-state index in [0.29, 0.717) is 12.8 Å². The van der Waals surface area contributed by atoms with Crippen molar-refractivity contribution in [2.24, 2.45) is 5.92 Å². The van der Waals surface area contributed by atoms with Gasteiger partial charge in [-0.3, -0.25) is 9.09 Å². The molecule has 4 N–H and O–H groups in total. The Balaban J connectivity index is 0.000000465. The molecule has 0 saturated carbocycles. The van der Waals surface area contributed by atoms with Gasteiger partial charge in [-0.2, -0.15) is 14.4 Å². The molecule has 2 atom stereocenters. The molecular formula is C15H25FN5O5P. The van der Waals surface area contributed by atoms with E-state index in [0.717, 1.165) is 5.92 Å². The second-order valence-corrected chi connectivity index (χ2v) is 7.82. The maximum atomic E-state index is 13.3. The third-order valence-corrected chi connectivity index (χ3v) is 4.55. The van der Waals surface area contributed by atoms with Crippen LogP contribution in [-0.2, 0) is 13.8 Å². The highest BCUT2D eigenvalue weighted by Gasteiger charge is 2.30. The van der Waals surface area contributed by atoms with Crippen LogP contribution in [0, 0.1) is 12.0 Å². The summed E-state index contributed by atoms with van der Waals surface area (Å²) in [5.74, 6) is 0.815. The molecule has 0 radical (unpaired) electrons. The summed E-state index contributed by atoms with van der Waals surface area (Å²) >= 11 is 0. The molecule has 10 nitrogen and oxygen atoms in total. The summed E-state index contributed by atoms with van der Waals surface area (Å²) in [6.07, 6.45) is 1.82. The first-order valence-electron chi connectivity index (χ1n) is 8.61. The maximum Gasteiger partial charge on any atom is 0.469 e. The van der Waals surface area contributed by atoms with E-state index in [4.69, 9.17) is 20.3 Å². The summed E-state index contributed by atoms with van der Waals surface area (Å²) in [7, 11) is -4.54. The quantitative estimate of drug-likeness (QED) is 0.504. The first-order valence-corrected chi connectivity index (χ1v) is 10.1. The summed E-state index contributed by atoms with van der Waals surface area (Å²) < 4.78 is 35.5. The molecule has 3 heterocycles. The van der Waals surface area contributed by atoms with Crippen molar-refractivity contribution < 1.29 is 28.0 Å². The zero-order valence-corrected chi connectivity index (χ0v) is 16.3. The number of fused-ring (bicyclic) bond motifs is 1. The second kappa shape index (κ2) is 9.03. The lowest BCUT2D eigenvalue weighted by Crippen LogP contribution is -2.16. The minimum atomic E-state index is -4.54. The van der Waals surface area contributed by atoms with Gasteiger partial charge in [0.15, 0.2) is 17.0 Å². The number of nitrogen functional groups attached to an aromatic ring is 1. The molecule has 27 heavy (non-hydrogen) atoms. The van der Waals surface area contributed by atoms with Crippen molar-refractivity contribution in [2.75, 3.05) is 12.3 Å². The molecule has 2 unspecified atom stereocenters. The lowest BCUT2D eigenvalue weighted by molar-refractivity contribution is -0.0205. The SMILES string of the molecule is CCC(C)C.Nc1nc(F)nc2c1ncn2C1CCC(COP(=O)(O)O)O1. The van der Waals surface area contributed by atoms with E-state index in [2.05, 4.69) is 40.2 Å². The molecule has 0 aliphatic carbocycles. The fraction of sp³-hybridized carbons (Fsp3) is 0.667. The van der Waals surface area contributed by atoms with Gasteiger partial charge in [-0.15, -0.1) is 0 Å². The summed E-state index contributed by atoms with van der Waals surface area (Å²) in [5, 5.41) is 0. The van der Waals surface area contributed by atoms with Crippen LogP contribution in [0.15, 0.2) is 6.33 Å². The highest BCUT2D eigenvalue weighted by Crippen LogP contribution is 2.38. The Morgan fingerprint density at radius 3 is 2.70 bits per heavy atom. The molecule has 152 valence electrons. The standard InChI is InChI=1S/C10H13FN5O5P.C5H12/c11-10-14-8(12)7-9(15-10)16(4-13-7)6-2-1-5(21-6)3-20-22(17,18)19;1-4-5(2)3/h4-6H,1-3H2,(H2,12,14,15)(H2,17,18,19);5H,4H2,1-3H3. The first kappa shape index (κ1) is 21.6. The molecule has 1 aliphatic heterocycles. The molecule has 0 bridgehead atoms. The van der Waals surface area contributed by atoms with Gasteiger partial charge in [-0.05, 0) is 18.8 Å². The predicted molar refractivity (Wildman–Crippen MR) is 96.0 cm³/mol. The van der Waals surface area contributed by atoms with Crippen LogP contribution in [0.5, 0.6) is 0 Å². The van der Waals surface area contributed by atoms with Crippen LogP contribution >= 0.6 is 7.82 Å². The van der Waals surface area contributed by atoms with E-state index in [9.17, 15) is 8.96 Å². The number of nitrogens with two attached hydrogens (primary N) is 1. The van der Waals surface area contributed by atoms with Crippen LogP contribution in [0.25, 0.3) is 11.2 Å². The Kier molecular flexibility index (Phi) is 7.24. The van der Waals surface area contributed by atoms with Crippen molar-refractivity contribution in [3.8, 4) is 0 Å². The number of aromatic nitrogens is 4. The third-order valence-electron chi connectivity index (χ3n) is 4.06. The molecule has 3 rings (SSSR count). The summed E-state index contributed by atoms with van der Waals surface area (Å²) in [6, 6.07) is 0. The van der Waals surface area contributed by atoms with E-state index < -0.39 is 26.2 Å². The van der Waals surface area contributed by atoms with Gasteiger partial charge in [0, 0.05) is 0 Å². The topological polar surface area (TPSA) is 146 Å². The van der Waals surface area contributed by atoms with Crippen molar-refractivity contribution in [1.82, 2.24) is 19.5 Å². The molecule has 0 spiro atoms. The van der Waals surface area contributed by atoms with Crippen LogP contribution in [0.4, 0.5) is 10.2 Å². The van der Waals surface area contributed by atoms with Gasteiger partial charge in [-0.1, -0.05) is 27.2 Å². The molecule has 1 fully saturated rings. The smallest absolute Gasteiger partial charge is 0.382 e. The van der Waals surface area contributed by atoms with Gasteiger partial charge in [0.05, 0.1) is 19.0 Å². The zero-order valence-electron chi connectivity index (χ0n) is 15.4. The largest absolute Gasteiger partial charge is 0.469 e. The lowest BCUT2D eigenvalue weighted by atomic mass is 10.2. The fourth-order valence-corrected chi connectivity index (χ4v) is 2.68. The number of anilines is 1. The number of phosphoric ester groups is 1. The van der Waals surface area contributed by atoms with Gasteiger partial charge in [-0.25, -0.2) is 9.55 Å². The van der Waals surface area contributed by atoms with E-state index in [-0.39, 0.29) is 23.6 Å². The van der Waals surface area contributed by atoms with Crippen LogP contribution in [0.1, 0.15) is 46.3 Å². The molecule has 2 aromatic heterocycles. The molecular weight excluding hydrogens is 380 g/mol. The normalized spacial score (nSPS) is 20.1. The van der Waals surface area contributed by atoms with Gasteiger partial charge in [0.2, 0.25) is 0 Å². The van der Waals surface area contributed by atoms with Gasteiger partial charge >= 0.3 is 13.9 Å². The van der Waals surface area contributed by atoms with E-state index >= 15 is 0 Å². The van der Waals surface area contributed by atoms with Crippen LogP contribution in [0.2, 0.25) is 0 Å². The molecule has 2 aromatic rings. The first-order chi connectivity index (χ1) is 12.6. The van der Waals surface area contributed by atoms with Gasteiger partial charge in [0.25, 0.3) is 0 Å². The molecule has 12 heteroatoms. The summed E-state index contributed by atoms with van der Waals surface area (Å²) in [5.41, 5.74) is 6.04. The lowest BCUT2D eigenvalue weighted by Gasteiger charge is -2.15. The minimum absolute atomic E-state index is 0.0689. The Morgan fingerprint density at radius 2 is 2.11 bits per heavy atom. The number of halogens is 1. The number of hydrogen-bond acceptors (Lipinski definition) is 7. The van der Waals surface area contributed by atoms with Crippen LogP contribution in [0.3, 0.4) is 0 Å². The Bertz CT molecular complexity index is 811. The third kappa shape index (κ3) is 6.18. The van der Waals surface area contributed by atoms with E-state index in [1.807, 2.05) is 0 Å². The number of hydrogen-bond donors (Lipinski definition) is 3. The molecule has 0 aromatic carbocycles. The van der Waals surface area contributed by atoms with Crippen LogP contribution < -0.4 is 5.73 Å². The zero-order chi connectivity index (χ0) is 20.2. The Labute approximate surface area is 156 Å². The Hall–Kier alpha value is -1.65. The van der Waals surface area contributed by atoms with E-state index in [1.165, 1.54) is 17.3 Å². The van der Waals surface area contributed by atoms with Crippen molar-refractivity contribution in [3.05, 3.63) is 12.4 Å². The summed E-state index contributed by atoms with van der Waals surface area (Å²) in [6.45, 7) is 6.41. The van der Waals surface area contributed by atoms with Crippen molar-refractivity contribution in [3.63, 3.8) is 0 Å². The van der Waals surface area contributed by atoms with E-state index in [1.54, 1.807) is 0 Å². The molecule has 0 amide bonds. The van der Waals surface area contributed by atoms with Crippen molar-refractivity contribution >= 4 is 24.8 Å². The number of imidazole rings is 1. The molecule has 1 aliphatic rings. The molecule has 1 saturated heterocycles. The highest BCUT2D eigenvalue weighted by atomic mass is 31.2. The Morgan fingerprint density at radius 1 is 1.44 bits per heavy atom. The van der Waals surface area contributed by atoms with Gasteiger partial charge in [0.1, 0.15) is 6.23 Å². The van der Waals surface area contributed by atoms with Crippen LogP contribution in [-0.4, -0.2) is 42.0 Å². The van der Waals surface area contributed by atoms with Crippen molar-refractivity contribution in [1.29, 1.82) is 0 Å². The monoisotopic (exact) mass is 405 g/mol.